The van der Waals surface area contributed by atoms with E-state index in [1.165, 1.54) is 17.1 Å². The number of carboxylic acid groups (broad SMARTS) is 1. The molecule has 20 heavy (non-hydrogen) atoms. The molecule has 1 aromatic heterocycles. The lowest BCUT2D eigenvalue weighted by molar-refractivity contribution is -0.141. The molecule has 0 saturated heterocycles. The van der Waals surface area contributed by atoms with Crippen molar-refractivity contribution < 1.29 is 9.90 Å². The van der Waals surface area contributed by atoms with Gasteiger partial charge in [-0.2, -0.15) is 4.37 Å². The Morgan fingerprint density at radius 2 is 2.10 bits per heavy atom. The van der Waals surface area contributed by atoms with E-state index in [-0.39, 0.29) is 5.92 Å². The molecule has 0 spiro atoms. The summed E-state index contributed by atoms with van der Waals surface area (Å²) in [5.74, 6) is -0.964. The highest BCUT2D eigenvalue weighted by Crippen LogP contribution is 2.35. The Morgan fingerprint density at radius 3 is 2.80 bits per heavy atom. The smallest absolute Gasteiger partial charge is 0.306 e. The SMILES string of the molecule is O=C(O)C1CCCc2c(-c3ccc(Cl)cc3)nsc2C1. The Balaban J connectivity index is 1.96. The van der Waals surface area contributed by atoms with E-state index in [9.17, 15) is 9.90 Å². The number of benzene rings is 1. The van der Waals surface area contributed by atoms with Crippen LogP contribution in [0.5, 0.6) is 0 Å². The first kappa shape index (κ1) is 13.6. The summed E-state index contributed by atoms with van der Waals surface area (Å²) < 4.78 is 4.54. The van der Waals surface area contributed by atoms with E-state index in [2.05, 4.69) is 4.37 Å². The number of halogens is 1. The van der Waals surface area contributed by atoms with Crippen molar-refractivity contribution in [3.05, 3.63) is 39.7 Å². The minimum atomic E-state index is -0.695. The average Bonchev–Trinajstić information content (AvgIpc) is 2.69. The number of nitrogens with zero attached hydrogens (tertiary/aromatic N) is 1. The zero-order valence-corrected chi connectivity index (χ0v) is 12.4. The summed E-state index contributed by atoms with van der Waals surface area (Å²) in [4.78, 5) is 12.3. The van der Waals surface area contributed by atoms with E-state index in [4.69, 9.17) is 11.6 Å². The van der Waals surface area contributed by atoms with E-state index in [1.54, 1.807) is 0 Å². The molecule has 0 radical (unpaired) electrons. The van der Waals surface area contributed by atoms with Crippen molar-refractivity contribution in [1.82, 2.24) is 4.37 Å². The van der Waals surface area contributed by atoms with Crippen LogP contribution in [0.3, 0.4) is 0 Å². The Hall–Kier alpha value is -1.39. The highest BCUT2D eigenvalue weighted by atomic mass is 35.5. The highest BCUT2D eigenvalue weighted by molar-refractivity contribution is 7.06. The van der Waals surface area contributed by atoms with Crippen LogP contribution in [0.25, 0.3) is 11.3 Å². The lowest BCUT2D eigenvalue weighted by Gasteiger charge is -2.06. The lowest BCUT2D eigenvalue weighted by atomic mass is 10.0. The van der Waals surface area contributed by atoms with Gasteiger partial charge in [-0.15, -0.1) is 0 Å². The summed E-state index contributed by atoms with van der Waals surface area (Å²) in [6, 6.07) is 7.66. The van der Waals surface area contributed by atoms with Gasteiger partial charge < -0.3 is 5.11 Å². The summed E-state index contributed by atoms with van der Waals surface area (Å²) in [7, 11) is 0. The fourth-order valence-electron chi connectivity index (χ4n) is 2.66. The second kappa shape index (κ2) is 5.54. The molecule has 1 aliphatic carbocycles. The molecule has 1 heterocycles. The normalized spacial score (nSPS) is 18.4. The molecule has 1 atom stereocenters. The molecule has 0 aliphatic heterocycles. The van der Waals surface area contributed by atoms with E-state index in [1.807, 2.05) is 24.3 Å². The monoisotopic (exact) mass is 307 g/mol. The number of hydrogen-bond donors (Lipinski definition) is 1. The third-order valence-electron chi connectivity index (χ3n) is 3.75. The van der Waals surface area contributed by atoms with Gasteiger partial charge in [-0.3, -0.25) is 4.79 Å². The predicted octanol–water partition coefficient (Wildman–Crippen LogP) is 4.04. The zero-order chi connectivity index (χ0) is 14.1. The van der Waals surface area contributed by atoms with Crippen LogP contribution in [0, 0.1) is 5.92 Å². The van der Waals surface area contributed by atoms with Gasteiger partial charge in [0, 0.05) is 15.5 Å². The van der Waals surface area contributed by atoms with Crippen molar-refractivity contribution in [2.24, 2.45) is 5.92 Å². The predicted molar refractivity (Wildman–Crippen MR) is 80.3 cm³/mol. The molecule has 5 heteroatoms. The molecule has 0 amide bonds. The Bertz CT molecular complexity index is 636. The van der Waals surface area contributed by atoms with E-state index >= 15 is 0 Å². The molecule has 104 valence electrons. The van der Waals surface area contributed by atoms with Gasteiger partial charge >= 0.3 is 5.97 Å². The van der Waals surface area contributed by atoms with Crippen molar-refractivity contribution >= 4 is 29.1 Å². The van der Waals surface area contributed by atoms with Crippen LogP contribution in [0.15, 0.2) is 24.3 Å². The lowest BCUT2D eigenvalue weighted by Crippen LogP contribution is -2.14. The van der Waals surface area contributed by atoms with E-state index in [0.29, 0.717) is 11.4 Å². The molecule has 3 rings (SSSR count). The summed E-state index contributed by atoms with van der Waals surface area (Å²) in [6.07, 6.45) is 3.17. The standard InChI is InChI=1S/C15H14ClNO2S/c16-11-6-4-9(5-7-11)14-12-3-1-2-10(15(18)19)8-13(12)20-17-14/h4-7,10H,1-3,8H2,(H,18,19). The summed E-state index contributed by atoms with van der Waals surface area (Å²) >= 11 is 7.35. The largest absolute Gasteiger partial charge is 0.481 e. The van der Waals surface area contributed by atoms with Crippen LogP contribution in [0.1, 0.15) is 23.3 Å². The van der Waals surface area contributed by atoms with Crippen molar-refractivity contribution in [2.75, 3.05) is 0 Å². The second-order valence-corrected chi connectivity index (χ2v) is 6.37. The quantitative estimate of drug-likeness (QED) is 0.852. The third kappa shape index (κ3) is 2.58. The van der Waals surface area contributed by atoms with Crippen LogP contribution >= 0.6 is 23.1 Å². The maximum Gasteiger partial charge on any atom is 0.306 e. The number of fused-ring (bicyclic) bond motifs is 1. The van der Waals surface area contributed by atoms with Crippen molar-refractivity contribution in [1.29, 1.82) is 0 Å². The summed E-state index contributed by atoms with van der Waals surface area (Å²) in [6.45, 7) is 0. The minimum absolute atomic E-state index is 0.269. The fourth-order valence-corrected chi connectivity index (χ4v) is 3.79. The minimum Gasteiger partial charge on any atom is -0.481 e. The van der Waals surface area contributed by atoms with Gasteiger partial charge in [-0.05, 0) is 54.9 Å². The van der Waals surface area contributed by atoms with Gasteiger partial charge in [0.1, 0.15) is 0 Å². The first-order valence-electron chi connectivity index (χ1n) is 6.61. The number of hydrogen-bond acceptors (Lipinski definition) is 3. The second-order valence-electron chi connectivity index (χ2n) is 5.07. The van der Waals surface area contributed by atoms with Gasteiger partial charge in [-0.25, -0.2) is 0 Å². The summed E-state index contributed by atoms with van der Waals surface area (Å²) in [5, 5.41) is 9.92. The third-order valence-corrected chi connectivity index (χ3v) is 4.91. The first-order valence-corrected chi connectivity index (χ1v) is 7.76. The van der Waals surface area contributed by atoms with Crippen LogP contribution in [-0.4, -0.2) is 15.4 Å². The van der Waals surface area contributed by atoms with E-state index in [0.717, 1.165) is 35.4 Å². The topological polar surface area (TPSA) is 50.2 Å². The molecular weight excluding hydrogens is 294 g/mol. The molecule has 1 unspecified atom stereocenters. The summed E-state index contributed by atoms with van der Waals surface area (Å²) in [5.41, 5.74) is 3.27. The Kier molecular flexibility index (Phi) is 3.76. The molecule has 2 aromatic rings. The molecule has 0 saturated carbocycles. The number of rotatable bonds is 2. The van der Waals surface area contributed by atoms with Crippen LogP contribution < -0.4 is 0 Å². The van der Waals surface area contributed by atoms with Gasteiger partial charge in [0.25, 0.3) is 0 Å². The molecule has 1 N–H and O–H groups in total. The molecule has 3 nitrogen and oxygen atoms in total. The fraction of sp³-hybridized carbons (Fsp3) is 0.333. The molecule has 1 aliphatic rings. The van der Waals surface area contributed by atoms with Crippen LogP contribution in [-0.2, 0) is 17.6 Å². The first-order chi connectivity index (χ1) is 9.65. The van der Waals surface area contributed by atoms with Gasteiger partial charge in [-0.1, -0.05) is 23.7 Å². The van der Waals surface area contributed by atoms with Crippen LogP contribution in [0.2, 0.25) is 5.02 Å². The number of aromatic nitrogens is 1. The zero-order valence-electron chi connectivity index (χ0n) is 10.8. The molecule has 1 aromatic carbocycles. The number of carboxylic acids is 1. The Labute approximate surface area is 126 Å². The number of aliphatic carboxylic acids is 1. The highest BCUT2D eigenvalue weighted by Gasteiger charge is 2.26. The molecular formula is C15H14ClNO2S. The number of carbonyl (C=O) groups is 1. The molecule has 0 fully saturated rings. The molecule has 0 bridgehead atoms. The maximum atomic E-state index is 11.2. The van der Waals surface area contributed by atoms with Crippen LogP contribution in [0.4, 0.5) is 0 Å². The maximum absolute atomic E-state index is 11.2. The van der Waals surface area contributed by atoms with Gasteiger partial charge in [0.2, 0.25) is 0 Å². The average molecular weight is 308 g/mol. The van der Waals surface area contributed by atoms with Crippen molar-refractivity contribution in [2.45, 2.75) is 25.7 Å². The van der Waals surface area contributed by atoms with Crippen molar-refractivity contribution in [3.8, 4) is 11.3 Å². The van der Waals surface area contributed by atoms with Crippen molar-refractivity contribution in [3.63, 3.8) is 0 Å². The Morgan fingerprint density at radius 1 is 1.35 bits per heavy atom. The van der Waals surface area contributed by atoms with Gasteiger partial charge in [0.15, 0.2) is 0 Å². The van der Waals surface area contributed by atoms with E-state index < -0.39 is 5.97 Å². The van der Waals surface area contributed by atoms with Gasteiger partial charge in [0.05, 0.1) is 11.6 Å².